The van der Waals surface area contributed by atoms with Gasteiger partial charge < -0.3 is 10.2 Å². The molecule has 0 saturated carbocycles. The van der Waals surface area contributed by atoms with Gasteiger partial charge in [-0.2, -0.15) is 0 Å². The first kappa shape index (κ1) is 30.7. The minimum Gasteiger partial charge on any atom is -0.352 e. The van der Waals surface area contributed by atoms with Gasteiger partial charge in [-0.1, -0.05) is 64.3 Å². The summed E-state index contributed by atoms with van der Waals surface area (Å²) in [5, 5.41) is 3.32. The second-order valence-corrected chi connectivity index (χ2v) is 12.7. The van der Waals surface area contributed by atoms with Crippen molar-refractivity contribution in [2.75, 3.05) is 10.8 Å². The zero-order valence-electron chi connectivity index (χ0n) is 22.4. The highest BCUT2D eigenvalue weighted by atomic mass is 79.9. The summed E-state index contributed by atoms with van der Waals surface area (Å²) < 4.78 is 29.6. The number of halogens is 2. The number of carbonyl (C=O) groups excluding carboxylic acids is 2. The Morgan fingerprint density at radius 2 is 1.54 bits per heavy atom. The number of rotatable bonds is 11. The molecule has 0 aliphatic rings. The molecule has 0 fully saturated rings. The van der Waals surface area contributed by atoms with Crippen LogP contribution in [0.1, 0.15) is 38.3 Å². The van der Waals surface area contributed by atoms with Crippen molar-refractivity contribution in [2.24, 2.45) is 0 Å². The molecule has 208 valence electrons. The highest BCUT2D eigenvalue weighted by Crippen LogP contribution is 2.26. The largest absolute Gasteiger partial charge is 0.352 e. The molecule has 0 bridgehead atoms. The smallest absolute Gasteiger partial charge is 0.264 e. The zero-order chi connectivity index (χ0) is 28.7. The second kappa shape index (κ2) is 13.5. The number of anilines is 1. The van der Waals surface area contributed by atoms with Gasteiger partial charge in [0.2, 0.25) is 11.8 Å². The predicted octanol–water partition coefficient (Wildman–Crippen LogP) is 5.94. The van der Waals surface area contributed by atoms with Gasteiger partial charge in [0, 0.05) is 22.1 Å². The van der Waals surface area contributed by atoms with E-state index in [0.717, 1.165) is 26.3 Å². The van der Waals surface area contributed by atoms with Crippen LogP contribution >= 0.6 is 27.5 Å². The van der Waals surface area contributed by atoms with Crippen molar-refractivity contribution in [1.82, 2.24) is 10.2 Å². The molecular weight excluding hydrogens is 602 g/mol. The number of nitrogens with zero attached hydrogens (tertiary/aromatic N) is 2. The summed E-state index contributed by atoms with van der Waals surface area (Å²) >= 11 is 9.40. The molecule has 3 aromatic rings. The molecule has 3 rings (SSSR count). The van der Waals surface area contributed by atoms with Gasteiger partial charge in [0.15, 0.2) is 0 Å². The molecule has 2 amide bonds. The van der Waals surface area contributed by atoms with E-state index in [1.165, 1.54) is 29.2 Å². The monoisotopic (exact) mass is 633 g/mol. The summed E-state index contributed by atoms with van der Waals surface area (Å²) in [5.74, 6) is -0.819. The lowest BCUT2D eigenvalue weighted by Gasteiger charge is -2.32. The molecular formula is C29H33BrClN3O4S. The maximum Gasteiger partial charge on any atom is 0.264 e. The van der Waals surface area contributed by atoms with Crippen molar-refractivity contribution >= 4 is 55.1 Å². The average molecular weight is 635 g/mol. The molecule has 0 radical (unpaired) electrons. The van der Waals surface area contributed by atoms with Crippen molar-refractivity contribution < 1.29 is 18.0 Å². The quantitative estimate of drug-likeness (QED) is 0.283. The molecule has 7 nitrogen and oxygen atoms in total. The Balaban J connectivity index is 2.01. The molecule has 0 aromatic heterocycles. The van der Waals surface area contributed by atoms with Crippen LogP contribution in [0.2, 0.25) is 5.02 Å². The van der Waals surface area contributed by atoms with Crippen molar-refractivity contribution in [3.05, 3.63) is 93.4 Å². The zero-order valence-corrected chi connectivity index (χ0v) is 25.6. The van der Waals surface area contributed by atoms with Crippen LogP contribution < -0.4 is 9.62 Å². The topological polar surface area (TPSA) is 86.8 Å². The highest BCUT2D eigenvalue weighted by molar-refractivity contribution is 9.10. The molecule has 0 aliphatic heterocycles. The minimum atomic E-state index is -4.14. The SMILES string of the molecule is CC[C@@H](C)NC(=O)[C@H](C)N(Cc1ccc(Br)cc1)C(=O)CN(c1ccc(C)cc1)S(=O)(=O)c1ccc(Cl)cc1. The lowest BCUT2D eigenvalue weighted by molar-refractivity contribution is -0.139. The third-order valence-electron chi connectivity index (χ3n) is 6.44. The van der Waals surface area contributed by atoms with Gasteiger partial charge in [-0.3, -0.25) is 13.9 Å². The average Bonchev–Trinajstić information content (AvgIpc) is 2.91. The Labute approximate surface area is 244 Å². The van der Waals surface area contributed by atoms with E-state index in [-0.39, 0.29) is 23.4 Å². The Bertz CT molecular complexity index is 1380. The minimum absolute atomic E-state index is 0.00213. The van der Waals surface area contributed by atoms with Gasteiger partial charge in [-0.25, -0.2) is 8.42 Å². The van der Waals surface area contributed by atoms with Gasteiger partial charge >= 0.3 is 0 Å². The summed E-state index contributed by atoms with van der Waals surface area (Å²) in [5.41, 5.74) is 2.09. The summed E-state index contributed by atoms with van der Waals surface area (Å²) in [4.78, 5) is 28.4. The van der Waals surface area contributed by atoms with E-state index in [1.807, 2.05) is 45.0 Å². The van der Waals surface area contributed by atoms with Crippen molar-refractivity contribution in [1.29, 1.82) is 0 Å². The Morgan fingerprint density at radius 3 is 2.10 bits per heavy atom. The number of carbonyl (C=O) groups is 2. The first-order valence-electron chi connectivity index (χ1n) is 12.6. The van der Waals surface area contributed by atoms with Gasteiger partial charge in [0.05, 0.1) is 10.6 Å². The van der Waals surface area contributed by atoms with E-state index < -0.39 is 28.5 Å². The number of benzene rings is 3. The number of sulfonamides is 1. The third-order valence-corrected chi connectivity index (χ3v) is 9.01. The number of amides is 2. The molecule has 1 N–H and O–H groups in total. The van der Waals surface area contributed by atoms with Crippen LogP contribution in [-0.4, -0.2) is 43.8 Å². The molecule has 10 heteroatoms. The lowest BCUT2D eigenvalue weighted by Crippen LogP contribution is -2.52. The summed E-state index contributed by atoms with van der Waals surface area (Å²) in [6.45, 7) is 7.03. The van der Waals surface area contributed by atoms with E-state index in [2.05, 4.69) is 21.2 Å². The van der Waals surface area contributed by atoms with Gasteiger partial charge in [0.25, 0.3) is 10.0 Å². The fourth-order valence-corrected chi connectivity index (χ4v) is 5.61. The molecule has 2 atom stereocenters. The first-order chi connectivity index (χ1) is 18.4. The maximum absolute atomic E-state index is 13.9. The second-order valence-electron chi connectivity index (χ2n) is 9.44. The molecule has 0 aliphatic carbocycles. The number of aryl methyl sites for hydroxylation is 1. The van der Waals surface area contributed by atoms with Crippen LogP contribution in [0.25, 0.3) is 0 Å². The number of nitrogens with one attached hydrogen (secondary N) is 1. The van der Waals surface area contributed by atoms with Crippen LogP contribution in [0.3, 0.4) is 0 Å². The van der Waals surface area contributed by atoms with Crippen LogP contribution in [0.5, 0.6) is 0 Å². The van der Waals surface area contributed by atoms with Crippen LogP contribution in [-0.2, 0) is 26.2 Å². The first-order valence-corrected chi connectivity index (χ1v) is 15.2. The van der Waals surface area contributed by atoms with E-state index >= 15 is 0 Å². The van der Waals surface area contributed by atoms with E-state index in [0.29, 0.717) is 10.7 Å². The Morgan fingerprint density at radius 1 is 0.949 bits per heavy atom. The van der Waals surface area contributed by atoms with E-state index in [9.17, 15) is 18.0 Å². The van der Waals surface area contributed by atoms with Crippen molar-refractivity contribution in [2.45, 2.75) is 57.6 Å². The Kier molecular flexibility index (Phi) is 10.6. The van der Waals surface area contributed by atoms with Gasteiger partial charge in [-0.15, -0.1) is 0 Å². The Hall–Kier alpha value is -2.88. The summed E-state index contributed by atoms with van der Waals surface area (Å²) in [7, 11) is -4.14. The number of hydrogen-bond donors (Lipinski definition) is 1. The van der Waals surface area contributed by atoms with Crippen LogP contribution in [0, 0.1) is 6.92 Å². The van der Waals surface area contributed by atoms with E-state index in [1.54, 1.807) is 31.2 Å². The summed E-state index contributed by atoms with van der Waals surface area (Å²) in [6, 6.07) is 19.2. The van der Waals surface area contributed by atoms with E-state index in [4.69, 9.17) is 11.6 Å². The van der Waals surface area contributed by atoms with Crippen LogP contribution in [0.15, 0.2) is 82.2 Å². The highest BCUT2D eigenvalue weighted by Gasteiger charge is 2.32. The van der Waals surface area contributed by atoms with Crippen molar-refractivity contribution in [3.8, 4) is 0 Å². The normalized spacial score (nSPS) is 12.9. The fraction of sp³-hybridized carbons (Fsp3) is 0.310. The van der Waals surface area contributed by atoms with Gasteiger partial charge in [-0.05, 0) is 81.3 Å². The third kappa shape index (κ3) is 8.06. The molecule has 0 saturated heterocycles. The molecule has 3 aromatic carbocycles. The molecule has 0 unspecified atom stereocenters. The molecule has 39 heavy (non-hydrogen) atoms. The lowest BCUT2D eigenvalue weighted by atomic mass is 10.1. The summed E-state index contributed by atoms with van der Waals surface area (Å²) in [6.07, 6.45) is 0.736. The van der Waals surface area contributed by atoms with Gasteiger partial charge in [0.1, 0.15) is 12.6 Å². The fourth-order valence-electron chi connectivity index (χ4n) is 3.81. The maximum atomic E-state index is 13.9. The molecule has 0 spiro atoms. The number of hydrogen-bond acceptors (Lipinski definition) is 4. The standard InChI is InChI=1S/C29H33BrClN3O4S/c1-5-21(3)32-29(36)22(4)33(18-23-8-10-24(30)11-9-23)28(35)19-34(26-14-6-20(2)7-15-26)39(37,38)27-16-12-25(31)13-17-27/h6-17,21-22H,5,18-19H2,1-4H3,(H,32,36)/t21-,22+/m1/s1. The molecule has 0 heterocycles. The van der Waals surface area contributed by atoms with Crippen LogP contribution in [0.4, 0.5) is 5.69 Å². The van der Waals surface area contributed by atoms with Crippen molar-refractivity contribution in [3.63, 3.8) is 0 Å². The predicted molar refractivity (Wildman–Crippen MR) is 159 cm³/mol.